The number of nitrogens with zero attached hydrogens (tertiary/aromatic N) is 1. The highest BCUT2D eigenvalue weighted by Gasteiger charge is 2.34. The quantitative estimate of drug-likeness (QED) is 0.833. The van der Waals surface area contributed by atoms with Gasteiger partial charge in [0.15, 0.2) is 5.58 Å². The molecule has 20 heavy (non-hydrogen) atoms. The van der Waals surface area contributed by atoms with E-state index in [2.05, 4.69) is 10.3 Å². The molecule has 1 saturated carbocycles. The monoisotopic (exact) mass is 272 g/mol. The SMILES string of the molecule is O=C(/C=C/c1nc2ccccc2o1)NCC1(O)CCC1. The lowest BCUT2D eigenvalue weighted by Crippen LogP contribution is -2.47. The van der Waals surface area contributed by atoms with Crippen LogP contribution in [0.4, 0.5) is 0 Å². The number of nitrogens with one attached hydrogen (secondary N) is 1. The van der Waals surface area contributed by atoms with Gasteiger partial charge in [-0.2, -0.15) is 0 Å². The zero-order chi connectivity index (χ0) is 14.0. The molecule has 1 amide bonds. The van der Waals surface area contributed by atoms with E-state index in [9.17, 15) is 9.90 Å². The van der Waals surface area contributed by atoms with E-state index >= 15 is 0 Å². The van der Waals surface area contributed by atoms with Crippen LogP contribution < -0.4 is 5.32 Å². The number of para-hydroxylation sites is 2. The van der Waals surface area contributed by atoms with Crippen molar-refractivity contribution in [1.82, 2.24) is 10.3 Å². The summed E-state index contributed by atoms with van der Waals surface area (Å²) in [7, 11) is 0. The third-order valence-electron chi connectivity index (χ3n) is 3.56. The first-order valence-electron chi connectivity index (χ1n) is 6.69. The Morgan fingerprint density at radius 3 is 2.95 bits per heavy atom. The molecule has 0 spiro atoms. The largest absolute Gasteiger partial charge is 0.437 e. The Balaban J connectivity index is 1.60. The molecule has 1 aliphatic rings. The Labute approximate surface area is 116 Å². The van der Waals surface area contributed by atoms with Crippen LogP contribution in [-0.2, 0) is 4.79 Å². The van der Waals surface area contributed by atoms with Crippen molar-refractivity contribution in [3.05, 3.63) is 36.2 Å². The van der Waals surface area contributed by atoms with Crippen LogP contribution in [0.25, 0.3) is 17.2 Å². The average molecular weight is 272 g/mol. The predicted octanol–water partition coefficient (Wildman–Crippen LogP) is 1.87. The molecule has 1 aromatic heterocycles. The molecule has 1 aromatic carbocycles. The molecule has 104 valence electrons. The third kappa shape index (κ3) is 2.72. The maximum Gasteiger partial charge on any atom is 0.244 e. The van der Waals surface area contributed by atoms with Crippen LogP contribution in [0.1, 0.15) is 25.2 Å². The molecule has 2 aromatic rings. The van der Waals surface area contributed by atoms with Gasteiger partial charge >= 0.3 is 0 Å². The van der Waals surface area contributed by atoms with Gasteiger partial charge in [0, 0.05) is 18.7 Å². The lowest BCUT2D eigenvalue weighted by atomic mass is 9.80. The number of oxazole rings is 1. The van der Waals surface area contributed by atoms with Crippen LogP contribution in [0.5, 0.6) is 0 Å². The third-order valence-corrected chi connectivity index (χ3v) is 3.56. The summed E-state index contributed by atoms with van der Waals surface area (Å²) in [6.07, 6.45) is 5.42. The number of benzene rings is 1. The minimum Gasteiger partial charge on any atom is -0.437 e. The summed E-state index contributed by atoms with van der Waals surface area (Å²) >= 11 is 0. The number of rotatable bonds is 4. The van der Waals surface area contributed by atoms with Crippen molar-refractivity contribution in [2.24, 2.45) is 0 Å². The number of amides is 1. The molecule has 0 bridgehead atoms. The molecule has 5 heteroatoms. The fraction of sp³-hybridized carbons (Fsp3) is 0.333. The predicted molar refractivity (Wildman–Crippen MR) is 74.9 cm³/mol. The van der Waals surface area contributed by atoms with Gasteiger partial charge in [-0.1, -0.05) is 12.1 Å². The lowest BCUT2D eigenvalue weighted by Gasteiger charge is -2.36. The van der Waals surface area contributed by atoms with E-state index in [1.807, 2.05) is 24.3 Å². The molecule has 0 radical (unpaired) electrons. The molecule has 0 saturated heterocycles. The zero-order valence-electron chi connectivity index (χ0n) is 11.0. The Kier molecular flexibility index (Phi) is 3.28. The highest BCUT2D eigenvalue weighted by atomic mass is 16.3. The van der Waals surface area contributed by atoms with E-state index in [4.69, 9.17) is 4.42 Å². The van der Waals surface area contributed by atoms with E-state index in [0.717, 1.165) is 24.8 Å². The van der Waals surface area contributed by atoms with E-state index in [0.29, 0.717) is 18.0 Å². The van der Waals surface area contributed by atoms with Gasteiger partial charge in [-0.3, -0.25) is 4.79 Å². The van der Waals surface area contributed by atoms with Gasteiger partial charge < -0.3 is 14.8 Å². The lowest BCUT2D eigenvalue weighted by molar-refractivity contribution is -0.118. The molecule has 0 unspecified atom stereocenters. The summed E-state index contributed by atoms with van der Waals surface area (Å²) in [4.78, 5) is 15.9. The number of fused-ring (bicyclic) bond motifs is 1. The first-order valence-corrected chi connectivity index (χ1v) is 6.69. The number of aliphatic hydroxyl groups is 1. The molecular formula is C15H16N2O3. The first kappa shape index (κ1) is 12.9. The maximum atomic E-state index is 11.6. The number of carbonyl (C=O) groups excluding carboxylic acids is 1. The average Bonchev–Trinajstić information content (AvgIpc) is 2.83. The van der Waals surface area contributed by atoms with Crippen LogP contribution in [0, 0.1) is 0 Å². The summed E-state index contributed by atoms with van der Waals surface area (Å²) in [5, 5.41) is 12.6. The Morgan fingerprint density at radius 1 is 1.45 bits per heavy atom. The van der Waals surface area contributed by atoms with Gasteiger partial charge in [-0.25, -0.2) is 4.98 Å². The molecule has 0 atom stereocenters. The van der Waals surface area contributed by atoms with Crippen LogP contribution in [0.3, 0.4) is 0 Å². The fourth-order valence-electron chi connectivity index (χ4n) is 2.18. The summed E-state index contributed by atoms with van der Waals surface area (Å²) in [5.74, 6) is 0.135. The second kappa shape index (κ2) is 5.09. The molecule has 1 fully saturated rings. The van der Waals surface area contributed by atoms with Crippen molar-refractivity contribution in [1.29, 1.82) is 0 Å². The van der Waals surface area contributed by atoms with E-state index in [-0.39, 0.29) is 5.91 Å². The molecule has 1 aliphatic carbocycles. The van der Waals surface area contributed by atoms with Crippen LogP contribution >= 0.6 is 0 Å². The zero-order valence-corrected chi connectivity index (χ0v) is 11.0. The number of carbonyl (C=O) groups is 1. The Bertz CT molecular complexity index is 623. The minimum absolute atomic E-state index is 0.257. The fourth-order valence-corrected chi connectivity index (χ4v) is 2.18. The van der Waals surface area contributed by atoms with Crippen molar-refractivity contribution in [2.45, 2.75) is 24.9 Å². The number of hydrogen-bond donors (Lipinski definition) is 2. The minimum atomic E-state index is -0.707. The van der Waals surface area contributed by atoms with Crippen LogP contribution in [-0.4, -0.2) is 28.1 Å². The van der Waals surface area contributed by atoms with E-state index in [1.165, 1.54) is 12.2 Å². The molecule has 1 heterocycles. The molecular weight excluding hydrogens is 256 g/mol. The summed E-state index contributed by atoms with van der Waals surface area (Å²) in [5.41, 5.74) is 0.744. The molecule has 3 rings (SSSR count). The van der Waals surface area contributed by atoms with Gasteiger partial charge in [0.05, 0.1) is 5.60 Å². The topological polar surface area (TPSA) is 75.4 Å². The summed E-state index contributed by atoms with van der Waals surface area (Å²) < 4.78 is 5.47. The van der Waals surface area contributed by atoms with Gasteiger partial charge in [0.2, 0.25) is 11.8 Å². The standard InChI is InChI=1S/C15H16N2O3/c18-13(16-10-15(19)8-3-9-15)6-7-14-17-11-4-1-2-5-12(11)20-14/h1-2,4-7,19H,3,8-10H2,(H,16,18)/b7-6+. The molecule has 5 nitrogen and oxygen atoms in total. The highest BCUT2D eigenvalue weighted by Crippen LogP contribution is 2.30. The van der Waals surface area contributed by atoms with Crippen molar-refractivity contribution >= 4 is 23.1 Å². The van der Waals surface area contributed by atoms with Gasteiger partial charge in [0.1, 0.15) is 5.52 Å². The normalized spacial score (nSPS) is 17.2. The summed E-state index contributed by atoms with van der Waals surface area (Å²) in [6.45, 7) is 0.295. The van der Waals surface area contributed by atoms with Gasteiger partial charge in [0.25, 0.3) is 0 Å². The highest BCUT2D eigenvalue weighted by molar-refractivity contribution is 5.91. The van der Waals surface area contributed by atoms with Crippen molar-refractivity contribution in [3.8, 4) is 0 Å². The van der Waals surface area contributed by atoms with Crippen molar-refractivity contribution in [2.75, 3.05) is 6.54 Å². The second-order valence-corrected chi connectivity index (χ2v) is 5.15. The maximum absolute atomic E-state index is 11.6. The van der Waals surface area contributed by atoms with Gasteiger partial charge in [-0.15, -0.1) is 0 Å². The van der Waals surface area contributed by atoms with Gasteiger partial charge in [-0.05, 0) is 31.4 Å². The molecule has 0 aliphatic heterocycles. The number of hydrogen-bond acceptors (Lipinski definition) is 4. The van der Waals surface area contributed by atoms with E-state index in [1.54, 1.807) is 0 Å². The van der Waals surface area contributed by atoms with Crippen molar-refractivity contribution < 1.29 is 14.3 Å². The summed E-state index contributed by atoms with van der Waals surface area (Å²) in [6, 6.07) is 7.42. The number of aromatic nitrogens is 1. The van der Waals surface area contributed by atoms with E-state index < -0.39 is 5.60 Å². The Hall–Kier alpha value is -2.14. The Morgan fingerprint density at radius 2 is 2.25 bits per heavy atom. The van der Waals surface area contributed by atoms with Crippen LogP contribution in [0.15, 0.2) is 34.8 Å². The van der Waals surface area contributed by atoms with Crippen LogP contribution in [0.2, 0.25) is 0 Å². The first-order chi connectivity index (χ1) is 9.65. The molecule has 2 N–H and O–H groups in total. The van der Waals surface area contributed by atoms with Crippen molar-refractivity contribution in [3.63, 3.8) is 0 Å². The second-order valence-electron chi connectivity index (χ2n) is 5.15. The smallest absolute Gasteiger partial charge is 0.244 e.